The van der Waals surface area contributed by atoms with Crippen LogP contribution in [0, 0.1) is 5.82 Å². The van der Waals surface area contributed by atoms with E-state index in [1.165, 1.54) is 24.5 Å². The van der Waals surface area contributed by atoms with Gasteiger partial charge in [-0.1, -0.05) is 12.1 Å². The normalized spacial score (nSPS) is 14.0. The van der Waals surface area contributed by atoms with Gasteiger partial charge < -0.3 is 14.6 Å². The van der Waals surface area contributed by atoms with E-state index in [1.54, 1.807) is 6.07 Å². The molecule has 8 nitrogen and oxygen atoms in total. The Hall–Kier alpha value is -4.60. The molecule has 0 atom stereocenters. The van der Waals surface area contributed by atoms with E-state index in [4.69, 9.17) is 9.72 Å². The molecule has 7 rings (SSSR count). The average molecular weight is 576 g/mol. The first-order valence-electron chi connectivity index (χ1n) is 14.7. The number of aromatic nitrogens is 5. The largest absolute Gasteiger partial charge is 0.492 e. The summed E-state index contributed by atoms with van der Waals surface area (Å²) >= 11 is 0. The number of benzene rings is 2. The third kappa shape index (κ3) is 5.74. The highest BCUT2D eigenvalue weighted by Crippen LogP contribution is 2.36. The van der Waals surface area contributed by atoms with E-state index in [9.17, 15) is 4.39 Å². The van der Waals surface area contributed by atoms with Crippen molar-refractivity contribution in [2.45, 2.75) is 19.4 Å². The van der Waals surface area contributed by atoms with Crippen molar-refractivity contribution < 1.29 is 9.13 Å². The van der Waals surface area contributed by atoms with E-state index in [0.717, 1.165) is 81.8 Å². The smallest absolute Gasteiger partial charge is 0.127 e. The maximum absolute atomic E-state index is 14.7. The first-order valence-corrected chi connectivity index (χ1v) is 14.7. The molecule has 218 valence electrons. The summed E-state index contributed by atoms with van der Waals surface area (Å²) in [4.78, 5) is 17.3. The van der Waals surface area contributed by atoms with E-state index >= 15 is 0 Å². The Morgan fingerprint density at radius 2 is 1.81 bits per heavy atom. The van der Waals surface area contributed by atoms with Crippen LogP contribution in [0.25, 0.3) is 55.6 Å². The second kappa shape index (κ2) is 11.6. The summed E-state index contributed by atoms with van der Waals surface area (Å²) in [6.07, 6.45) is 8.17. The monoisotopic (exact) mass is 575 g/mol. The van der Waals surface area contributed by atoms with Crippen LogP contribution in [-0.4, -0.2) is 75.3 Å². The Morgan fingerprint density at radius 3 is 2.67 bits per heavy atom. The Bertz CT molecular complexity index is 1900. The van der Waals surface area contributed by atoms with Crippen molar-refractivity contribution in [2.75, 3.05) is 40.3 Å². The summed E-state index contributed by atoms with van der Waals surface area (Å²) in [5.74, 6) is 0.185. The Morgan fingerprint density at radius 1 is 0.930 bits per heavy atom. The molecular weight excluding hydrogens is 541 g/mol. The lowest BCUT2D eigenvalue weighted by Gasteiger charge is -2.14. The Labute approximate surface area is 249 Å². The number of ether oxygens (including phenoxy) is 1. The first kappa shape index (κ1) is 27.2. The molecule has 0 radical (unpaired) electrons. The number of likely N-dealkylation sites (tertiary alicyclic amines) is 1. The van der Waals surface area contributed by atoms with Crippen molar-refractivity contribution in [3.05, 3.63) is 84.6 Å². The van der Waals surface area contributed by atoms with Gasteiger partial charge in [0, 0.05) is 53.4 Å². The van der Waals surface area contributed by atoms with E-state index < -0.39 is 0 Å². The van der Waals surface area contributed by atoms with E-state index in [2.05, 4.69) is 43.3 Å². The maximum Gasteiger partial charge on any atom is 0.127 e. The van der Waals surface area contributed by atoms with Crippen LogP contribution in [0.2, 0.25) is 0 Å². The maximum atomic E-state index is 14.7. The number of aromatic amines is 2. The summed E-state index contributed by atoms with van der Waals surface area (Å²) in [6, 6.07) is 17.2. The topological polar surface area (TPSA) is 86.0 Å². The number of hydrogen-bond donors (Lipinski definition) is 2. The third-order valence-electron chi connectivity index (χ3n) is 8.05. The van der Waals surface area contributed by atoms with Crippen LogP contribution in [0.15, 0.2) is 73.2 Å². The van der Waals surface area contributed by atoms with Gasteiger partial charge in [-0.3, -0.25) is 20.0 Å². The number of fused-ring (bicyclic) bond motifs is 2. The molecular formula is C34H34FN7O. The molecule has 43 heavy (non-hydrogen) atoms. The number of likely N-dealkylation sites (N-methyl/N-ethyl adjacent to an activating group) is 1. The SMILES string of the molecule is CN(C)CCOc1cc(F)cc(-c2cccc3[nH]c(-c4n[nH]c5cnc(-c6cncc(CN7CCCC7)c6)cc45)cc23)c1. The lowest BCUT2D eigenvalue weighted by atomic mass is 10.0. The fourth-order valence-electron chi connectivity index (χ4n) is 5.88. The molecule has 1 saturated heterocycles. The minimum Gasteiger partial charge on any atom is -0.492 e. The summed E-state index contributed by atoms with van der Waals surface area (Å²) in [5, 5.41) is 9.73. The van der Waals surface area contributed by atoms with Crippen LogP contribution in [0.1, 0.15) is 18.4 Å². The summed E-state index contributed by atoms with van der Waals surface area (Å²) in [5.41, 5.74) is 8.17. The quantitative estimate of drug-likeness (QED) is 0.204. The predicted molar refractivity (Wildman–Crippen MR) is 168 cm³/mol. The van der Waals surface area contributed by atoms with Gasteiger partial charge in [0.1, 0.15) is 23.9 Å². The predicted octanol–water partition coefficient (Wildman–Crippen LogP) is 6.51. The fourth-order valence-corrected chi connectivity index (χ4v) is 5.88. The molecule has 9 heteroatoms. The standard InChI is InChI=1S/C34H34FN7O/c1-41(2)10-11-43-26-14-23(13-25(35)15-26)27-6-5-7-30-28(27)16-32(38-30)34-29-17-31(37-20-33(29)39-40-34)24-12-22(18-36-19-24)21-42-8-3-4-9-42/h5-7,12-20,38H,3-4,8-11,21H2,1-2H3,(H,39,40). The molecule has 0 aliphatic carbocycles. The van der Waals surface area contributed by atoms with E-state index in [0.29, 0.717) is 12.4 Å². The molecule has 2 aromatic carbocycles. The number of nitrogens with one attached hydrogen (secondary N) is 2. The van der Waals surface area contributed by atoms with Gasteiger partial charge in [0.2, 0.25) is 0 Å². The molecule has 0 bridgehead atoms. The lowest BCUT2D eigenvalue weighted by molar-refractivity contribution is 0.260. The lowest BCUT2D eigenvalue weighted by Crippen LogP contribution is -2.19. The van der Waals surface area contributed by atoms with Gasteiger partial charge in [-0.2, -0.15) is 5.10 Å². The molecule has 2 N–H and O–H groups in total. The van der Waals surface area contributed by atoms with Crippen LogP contribution >= 0.6 is 0 Å². The highest BCUT2D eigenvalue weighted by atomic mass is 19.1. The van der Waals surface area contributed by atoms with Gasteiger partial charge in [-0.25, -0.2) is 4.39 Å². The van der Waals surface area contributed by atoms with Crippen LogP contribution in [0.5, 0.6) is 5.75 Å². The van der Waals surface area contributed by atoms with Crippen molar-refractivity contribution >= 4 is 21.8 Å². The molecule has 4 aromatic heterocycles. The van der Waals surface area contributed by atoms with Crippen LogP contribution in [0.4, 0.5) is 4.39 Å². The molecule has 0 spiro atoms. The van der Waals surface area contributed by atoms with E-state index in [1.807, 2.05) is 61.9 Å². The highest BCUT2D eigenvalue weighted by molar-refractivity contribution is 6.01. The molecule has 0 unspecified atom stereocenters. The van der Waals surface area contributed by atoms with Crippen molar-refractivity contribution in [3.8, 4) is 39.5 Å². The number of hydrogen-bond acceptors (Lipinski definition) is 6. The molecule has 1 aliphatic heterocycles. The second-order valence-electron chi connectivity index (χ2n) is 11.5. The molecule has 0 amide bonds. The summed E-state index contributed by atoms with van der Waals surface area (Å²) in [6.45, 7) is 4.43. The zero-order chi connectivity index (χ0) is 29.3. The first-order chi connectivity index (χ1) is 21.0. The molecule has 0 saturated carbocycles. The van der Waals surface area contributed by atoms with Crippen LogP contribution in [0.3, 0.4) is 0 Å². The fraction of sp³-hybridized carbons (Fsp3) is 0.265. The molecule has 6 aromatic rings. The van der Waals surface area contributed by atoms with E-state index in [-0.39, 0.29) is 5.82 Å². The zero-order valence-electron chi connectivity index (χ0n) is 24.4. The highest BCUT2D eigenvalue weighted by Gasteiger charge is 2.17. The van der Waals surface area contributed by atoms with Gasteiger partial charge in [0.15, 0.2) is 0 Å². The molecule has 5 heterocycles. The number of nitrogens with zero attached hydrogens (tertiary/aromatic N) is 5. The van der Waals surface area contributed by atoms with Gasteiger partial charge in [-0.05, 0) is 93.1 Å². The average Bonchev–Trinajstić information content (AvgIpc) is 3.76. The van der Waals surface area contributed by atoms with Gasteiger partial charge >= 0.3 is 0 Å². The molecule has 1 aliphatic rings. The van der Waals surface area contributed by atoms with Crippen molar-refractivity contribution in [3.63, 3.8) is 0 Å². The minimum atomic E-state index is -0.331. The second-order valence-corrected chi connectivity index (χ2v) is 11.5. The number of halogens is 1. The Kier molecular flexibility index (Phi) is 7.34. The van der Waals surface area contributed by atoms with Gasteiger partial charge in [0.05, 0.1) is 23.1 Å². The van der Waals surface area contributed by atoms with Crippen molar-refractivity contribution in [1.82, 2.24) is 34.9 Å². The third-order valence-corrected chi connectivity index (χ3v) is 8.05. The molecule has 1 fully saturated rings. The number of rotatable bonds is 9. The van der Waals surface area contributed by atoms with Gasteiger partial charge in [-0.15, -0.1) is 0 Å². The summed E-state index contributed by atoms with van der Waals surface area (Å²) < 4.78 is 20.5. The van der Waals surface area contributed by atoms with Gasteiger partial charge in [0.25, 0.3) is 0 Å². The summed E-state index contributed by atoms with van der Waals surface area (Å²) in [7, 11) is 3.96. The van der Waals surface area contributed by atoms with Crippen molar-refractivity contribution in [2.24, 2.45) is 0 Å². The minimum absolute atomic E-state index is 0.331. The number of H-pyrrole nitrogens is 2. The Balaban J connectivity index is 1.22. The van der Waals surface area contributed by atoms with Crippen LogP contribution < -0.4 is 4.74 Å². The number of pyridine rings is 2. The zero-order valence-corrected chi connectivity index (χ0v) is 24.4. The van der Waals surface area contributed by atoms with Crippen molar-refractivity contribution in [1.29, 1.82) is 0 Å². The van der Waals surface area contributed by atoms with Crippen LogP contribution in [-0.2, 0) is 6.54 Å².